The summed E-state index contributed by atoms with van der Waals surface area (Å²) in [5, 5.41) is 3.73. The van der Waals surface area contributed by atoms with Crippen molar-refractivity contribution in [2.45, 2.75) is 56.9 Å². The van der Waals surface area contributed by atoms with E-state index in [1.54, 1.807) is 29.9 Å². The first kappa shape index (κ1) is 20.5. The quantitative estimate of drug-likeness (QED) is 0.741. The molecule has 0 radical (unpaired) electrons. The second kappa shape index (κ2) is 8.16. The molecule has 0 saturated carbocycles. The molecular weight excluding hydrogens is 410 g/mol. The van der Waals surface area contributed by atoms with E-state index < -0.39 is 10.0 Å². The van der Waals surface area contributed by atoms with E-state index in [0.717, 1.165) is 25.0 Å². The number of nitrogens with one attached hydrogen (secondary N) is 1. The first-order chi connectivity index (χ1) is 13.8. The van der Waals surface area contributed by atoms with Crippen LogP contribution in [0.1, 0.15) is 48.5 Å². The Labute approximate surface area is 175 Å². The number of aryl methyl sites for hydroxylation is 4. The van der Waals surface area contributed by atoms with Crippen LogP contribution in [0.4, 0.5) is 5.13 Å². The van der Waals surface area contributed by atoms with Crippen molar-refractivity contribution in [2.75, 3.05) is 18.4 Å². The molecule has 4 rings (SSSR count). The average molecular weight is 438 g/mol. The third kappa shape index (κ3) is 4.24. The van der Waals surface area contributed by atoms with Crippen LogP contribution in [0.25, 0.3) is 0 Å². The normalized spacial score (nSPS) is 19.0. The Hall–Kier alpha value is -1.78. The second-order valence-electron chi connectivity index (χ2n) is 7.85. The van der Waals surface area contributed by atoms with Crippen molar-refractivity contribution in [2.24, 2.45) is 13.0 Å². The third-order valence-corrected chi connectivity index (χ3v) is 8.68. The molecule has 1 saturated heterocycles. The van der Waals surface area contributed by atoms with Crippen molar-refractivity contribution in [3.05, 3.63) is 22.6 Å². The highest BCUT2D eigenvalue weighted by atomic mass is 32.2. The molecule has 0 bridgehead atoms. The van der Waals surface area contributed by atoms with E-state index in [2.05, 4.69) is 15.3 Å². The number of carbonyl (C=O) groups is 1. The van der Waals surface area contributed by atoms with Gasteiger partial charge >= 0.3 is 0 Å². The molecule has 2 aromatic rings. The molecule has 0 atom stereocenters. The number of piperidine rings is 1. The number of carbonyl (C=O) groups excluding carboxylic acids is 1. The van der Waals surface area contributed by atoms with Gasteiger partial charge in [0.15, 0.2) is 10.2 Å². The van der Waals surface area contributed by atoms with Gasteiger partial charge in [0.1, 0.15) is 5.82 Å². The fraction of sp³-hybridized carbons (Fsp3) is 0.632. The number of hydrogen-bond donors (Lipinski definition) is 1. The molecule has 1 N–H and O–H groups in total. The van der Waals surface area contributed by atoms with E-state index in [9.17, 15) is 13.2 Å². The van der Waals surface area contributed by atoms with E-state index >= 15 is 0 Å². The summed E-state index contributed by atoms with van der Waals surface area (Å²) in [6.07, 6.45) is 8.17. The molecule has 2 aromatic heterocycles. The molecule has 0 spiro atoms. The summed E-state index contributed by atoms with van der Waals surface area (Å²) in [5.41, 5.74) is 1.13. The summed E-state index contributed by atoms with van der Waals surface area (Å²) in [6, 6.07) is 0. The molecule has 1 fully saturated rings. The van der Waals surface area contributed by atoms with Crippen LogP contribution in [0.5, 0.6) is 0 Å². The summed E-state index contributed by atoms with van der Waals surface area (Å²) >= 11 is 1.59. The van der Waals surface area contributed by atoms with Crippen LogP contribution in [-0.2, 0) is 34.7 Å². The van der Waals surface area contributed by atoms with Gasteiger partial charge in [-0.1, -0.05) is 6.42 Å². The Morgan fingerprint density at radius 3 is 2.59 bits per heavy atom. The fourth-order valence-electron chi connectivity index (χ4n) is 3.93. The Bertz CT molecular complexity index is 960. The van der Waals surface area contributed by atoms with E-state index in [1.807, 2.05) is 0 Å². The van der Waals surface area contributed by atoms with Gasteiger partial charge in [-0.25, -0.2) is 18.4 Å². The van der Waals surface area contributed by atoms with Gasteiger partial charge in [0.25, 0.3) is 10.0 Å². The maximum absolute atomic E-state index is 12.8. The highest BCUT2D eigenvalue weighted by Crippen LogP contribution is 2.30. The lowest BCUT2D eigenvalue weighted by Crippen LogP contribution is -2.41. The highest BCUT2D eigenvalue weighted by Gasteiger charge is 2.34. The molecular formula is C19H27N5O3S2. The topological polar surface area (TPSA) is 97.2 Å². The molecule has 10 heteroatoms. The zero-order valence-electron chi connectivity index (χ0n) is 16.8. The molecule has 8 nitrogen and oxygen atoms in total. The smallest absolute Gasteiger partial charge is 0.262 e. The largest absolute Gasteiger partial charge is 0.337 e. The molecule has 0 aromatic carbocycles. The van der Waals surface area contributed by atoms with Gasteiger partial charge in [-0.15, -0.1) is 11.3 Å². The van der Waals surface area contributed by atoms with Crippen LogP contribution in [0.15, 0.2) is 11.2 Å². The minimum atomic E-state index is -3.62. The maximum Gasteiger partial charge on any atom is 0.262 e. The van der Waals surface area contributed by atoms with Gasteiger partial charge in [-0.2, -0.15) is 4.31 Å². The first-order valence-corrected chi connectivity index (χ1v) is 12.4. The SMILES string of the molecule is Cc1nc(S(=O)(=O)N2CCC(C(=O)Nc3nc4c(s3)CCCCC4)CC2)cn1C. The monoisotopic (exact) mass is 437 g/mol. The Morgan fingerprint density at radius 1 is 1.17 bits per heavy atom. The van der Waals surface area contributed by atoms with Gasteiger partial charge in [0, 0.05) is 37.1 Å². The summed E-state index contributed by atoms with van der Waals surface area (Å²) in [5.74, 6) is 0.398. The molecule has 2 aliphatic rings. The van der Waals surface area contributed by atoms with Crippen LogP contribution < -0.4 is 5.32 Å². The lowest BCUT2D eigenvalue weighted by molar-refractivity contribution is -0.120. The van der Waals surface area contributed by atoms with E-state index in [-0.39, 0.29) is 16.9 Å². The maximum atomic E-state index is 12.8. The second-order valence-corrected chi connectivity index (χ2v) is 10.8. The van der Waals surface area contributed by atoms with Crippen LogP contribution in [0, 0.1) is 12.8 Å². The van der Waals surface area contributed by atoms with Crippen molar-refractivity contribution in [1.29, 1.82) is 0 Å². The summed E-state index contributed by atoms with van der Waals surface area (Å²) < 4.78 is 28.7. The summed E-state index contributed by atoms with van der Waals surface area (Å²) in [4.78, 5) is 22.8. The van der Waals surface area contributed by atoms with E-state index in [0.29, 0.717) is 36.9 Å². The van der Waals surface area contributed by atoms with Gasteiger partial charge in [0.05, 0.1) is 5.69 Å². The van der Waals surface area contributed by atoms with Gasteiger partial charge in [0.2, 0.25) is 5.91 Å². The van der Waals surface area contributed by atoms with Crippen LogP contribution in [0.2, 0.25) is 0 Å². The highest BCUT2D eigenvalue weighted by molar-refractivity contribution is 7.89. The predicted octanol–water partition coefficient (Wildman–Crippen LogP) is 2.49. The number of amides is 1. The molecule has 0 unspecified atom stereocenters. The minimum Gasteiger partial charge on any atom is -0.337 e. The number of sulfonamides is 1. The Kier molecular flexibility index (Phi) is 5.76. The number of imidazole rings is 1. The van der Waals surface area contributed by atoms with Crippen LogP contribution in [-0.4, -0.2) is 46.3 Å². The van der Waals surface area contributed by atoms with Crippen LogP contribution in [0.3, 0.4) is 0 Å². The first-order valence-electron chi connectivity index (χ1n) is 10.1. The number of anilines is 1. The number of rotatable bonds is 4. The molecule has 1 amide bonds. The summed E-state index contributed by atoms with van der Waals surface area (Å²) in [7, 11) is -1.84. The van der Waals surface area contributed by atoms with Crippen molar-refractivity contribution >= 4 is 32.4 Å². The summed E-state index contributed by atoms with van der Waals surface area (Å²) in [6.45, 7) is 2.42. The number of fused-ring (bicyclic) bond motifs is 1. The Morgan fingerprint density at radius 2 is 1.90 bits per heavy atom. The number of aromatic nitrogens is 3. The van der Waals surface area contributed by atoms with E-state index in [4.69, 9.17) is 0 Å². The van der Waals surface area contributed by atoms with Crippen molar-refractivity contribution in [3.8, 4) is 0 Å². The predicted molar refractivity (Wildman–Crippen MR) is 111 cm³/mol. The van der Waals surface area contributed by atoms with Gasteiger partial charge < -0.3 is 9.88 Å². The molecule has 3 heterocycles. The van der Waals surface area contributed by atoms with Crippen LogP contribution >= 0.6 is 11.3 Å². The number of hydrogen-bond acceptors (Lipinski definition) is 6. The zero-order valence-corrected chi connectivity index (χ0v) is 18.5. The zero-order chi connectivity index (χ0) is 20.6. The van der Waals surface area contributed by atoms with Crippen molar-refractivity contribution < 1.29 is 13.2 Å². The average Bonchev–Trinajstić information content (AvgIpc) is 3.16. The molecule has 29 heavy (non-hydrogen) atoms. The van der Waals surface area contributed by atoms with Crippen molar-refractivity contribution in [1.82, 2.24) is 18.8 Å². The third-order valence-electron chi connectivity index (χ3n) is 5.84. The number of nitrogens with zero attached hydrogens (tertiary/aromatic N) is 4. The van der Waals surface area contributed by atoms with Crippen molar-refractivity contribution in [3.63, 3.8) is 0 Å². The molecule has 1 aliphatic carbocycles. The van der Waals surface area contributed by atoms with E-state index in [1.165, 1.54) is 28.2 Å². The van der Waals surface area contributed by atoms with Gasteiger partial charge in [-0.3, -0.25) is 4.79 Å². The lowest BCUT2D eigenvalue weighted by atomic mass is 9.97. The standard InChI is InChI=1S/C19H27N5O3S2/c1-13-20-17(12-23(13)2)29(26,27)24-10-8-14(9-11-24)18(25)22-19-21-15-6-4-3-5-7-16(15)28-19/h12,14H,3-11H2,1-2H3,(H,21,22,25). The van der Waals surface area contributed by atoms with Gasteiger partial charge in [-0.05, 0) is 45.4 Å². The Balaban J connectivity index is 1.36. The molecule has 158 valence electrons. The molecule has 1 aliphatic heterocycles. The minimum absolute atomic E-state index is 0.0559. The fourth-order valence-corrected chi connectivity index (χ4v) is 6.48. The number of thiazole rings is 1. The lowest BCUT2D eigenvalue weighted by Gasteiger charge is -2.29.